The van der Waals surface area contributed by atoms with E-state index in [1.54, 1.807) is 27.2 Å². The van der Waals surface area contributed by atoms with Crippen molar-refractivity contribution in [3.05, 3.63) is 53.1 Å². The zero-order valence-corrected chi connectivity index (χ0v) is 20.0. The third-order valence-corrected chi connectivity index (χ3v) is 7.88. The van der Waals surface area contributed by atoms with E-state index in [1.165, 1.54) is 4.31 Å². The van der Waals surface area contributed by atoms with Crippen molar-refractivity contribution in [1.82, 2.24) is 9.62 Å². The van der Waals surface area contributed by atoms with Crippen LogP contribution < -0.4 is 14.8 Å². The van der Waals surface area contributed by atoms with Crippen LogP contribution in [0.5, 0.6) is 11.5 Å². The number of benzene rings is 2. The van der Waals surface area contributed by atoms with Crippen molar-refractivity contribution >= 4 is 15.9 Å². The number of nitrogens with zero attached hydrogens (tertiary/aromatic N) is 1. The fourth-order valence-corrected chi connectivity index (χ4v) is 5.84. The molecule has 32 heavy (non-hydrogen) atoms. The fourth-order valence-electron chi connectivity index (χ4n) is 4.01. The first-order valence-corrected chi connectivity index (χ1v) is 12.3. The molecule has 0 bridgehead atoms. The summed E-state index contributed by atoms with van der Waals surface area (Å²) in [5.41, 5.74) is 2.64. The molecule has 174 valence electrons. The minimum atomic E-state index is -3.63. The summed E-state index contributed by atoms with van der Waals surface area (Å²) in [5.74, 6) is 0.851. The number of carbonyl (C=O) groups is 1. The minimum absolute atomic E-state index is 0.105. The number of rotatable bonds is 8. The van der Waals surface area contributed by atoms with E-state index >= 15 is 0 Å². The first-order chi connectivity index (χ1) is 15.3. The van der Waals surface area contributed by atoms with E-state index in [-0.39, 0.29) is 18.4 Å². The Hall–Kier alpha value is -2.58. The second-order valence-corrected chi connectivity index (χ2v) is 10.1. The van der Waals surface area contributed by atoms with Gasteiger partial charge in [-0.25, -0.2) is 8.42 Å². The van der Waals surface area contributed by atoms with Gasteiger partial charge in [0.25, 0.3) is 0 Å². The molecule has 1 atom stereocenters. The molecule has 1 fully saturated rings. The van der Waals surface area contributed by atoms with Gasteiger partial charge in [-0.3, -0.25) is 4.79 Å². The van der Waals surface area contributed by atoms with Crippen LogP contribution in [0.25, 0.3) is 0 Å². The van der Waals surface area contributed by atoms with E-state index in [9.17, 15) is 13.2 Å². The summed E-state index contributed by atoms with van der Waals surface area (Å²) in [4.78, 5) is 13.1. The summed E-state index contributed by atoms with van der Waals surface area (Å²) in [7, 11) is -0.455. The van der Waals surface area contributed by atoms with Gasteiger partial charge in [0.15, 0.2) is 11.5 Å². The van der Waals surface area contributed by atoms with Gasteiger partial charge in [-0.2, -0.15) is 4.31 Å². The SMILES string of the molecule is COc1ccc(CCNC(=O)[C@H]2CCCN(S(=O)(=O)c3cc(C)ccc3C)C2)cc1OC. The molecule has 8 heteroatoms. The monoisotopic (exact) mass is 460 g/mol. The van der Waals surface area contributed by atoms with Crippen LogP contribution in [-0.2, 0) is 21.2 Å². The number of methoxy groups -OCH3 is 2. The van der Waals surface area contributed by atoms with Crippen molar-refractivity contribution in [3.63, 3.8) is 0 Å². The van der Waals surface area contributed by atoms with E-state index in [0.29, 0.717) is 48.7 Å². The lowest BCUT2D eigenvalue weighted by atomic mass is 9.99. The molecule has 1 heterocycles. The Kier molecular flexibility index (Phi) is 7.79. The van der Waals surface area contributed by atoms with Gasteiger partial charge < -0.3 is 14.8 Å². The summed E-state index contributed by atoms with van der Waals surface area (Å²) in [6, 6.07) is 11.1. The number of aryl methyl sites for hydroxylation is 2. The zero-order chi connectivity index (χ0) is 23.3. The second-order valence-electron chi connectivity index (χ2n) is 8.20. The summed E-state index contributed by atoms with van der Waals surface area (Å²) < 4.78 is 38.4. The van der Waals surface area contributed by atoms with Gasteiger partial charge in [0.1, 0.15) is 0 Å². The molecule has 1 saturated heterocycles. The predicted octanol–water partition coefficient (Wildman–Crippen LogP) is 3.08. The van der Waals surface area contributed by atoms with Crippen LogP contribution in [0.2, 0.25) is 0 Å². The number of hydrogen-bond donors (Lipinski definition) is 1. The van der Waals surface area contributed by atoms with E-state index in [2.05, 4.69) is 5.32 Å². The average Bonchev–Trinajstić information content (AvgIpc) is 2.80. The van der Waals surface area contributed by atoms with Gasteiger partial charge in [0.2, 0.25) is 15.9 Å². The normalized spacial score (nSPS) is 17.1. The fraction of sp³-hybridized carbons (Fsp3) is 0.458. The smallest absolute Gasteiger partial charge is 0.243 e. The molecule has 1 aliphatic heterocycles. The first-order valence-electron chi connectivity index (χ1n) is 10.8. The molecular weight excluding hydrogens is 428 g/mol. The molecule has 0 radical (unpaired) electrons. The molecule has 0 aliphatic carbocycles. The van der Waals surface area contributed by atoms with Gasteiger partial charge in [0.05, 0.1) is 25.0 Å². The highest BCUT2D eigenvalue weighted by Crippen LogP contribution is 2.28. The molecule has 7 nitrogen and oxygen atoms in total. The highest BCUT2D eigenvalue weighted by molar-refractivity contribution is 7.89. The molecular formula is C24H32N2O5S. The summed E-state index contributed by atoms with van der Waals surface area (Å²) in [6.45, 7) is 4.79. The summed E-state index contributed by atoms with van der Waals surface area (Å²) >= 11 is 0. The zero-order valence-electron chi connectivity index (χ0n) is 19.2. The van der Waals surface area contributed by atoms with Crippen molar-refractivity contribution < 1.29 is 22.7 Å². The van der Waals surface area contributed by atoms with Gasteiger partial charge in [0, 0.05) is 19.6 Å². The van der Waals surface area contributed by atoms with Crippen molar-refractivity contribution in [3.8, 4) is 11.5 Å². The second kappa shape index (κ2) is 10.4. The molecule has 1 N–H and O–H groups in total. The molecule has 2 aromatic rings. The number of ether oxygens (including phenoxy) is 2. The molecule has 1 amide bonds. The Labute approximate surface area is 190 Å². The van der Waals surface area contributed by atoms with Crippen LogP contribution >= 0.6 is 0 Å². The highest BCUT2D eigenvalue weighted by atomic mass is 32.2. The van der Waals surface area contributed by atoms with Crippen LogP contribution in [-0.4, -0.2) is 52.5 Å². The van der Waals surface area contributed by atoms with Gasteiger partial charge >= 0.3 is 0 Å². The lowest BCUT2D eigenvalue weighted by Crippen LogP contribution is -2.45. The number of hydrogen-bond acceptors (Lipinski definition) is 5. The third-order valence-electron chi connectivity index (χ3n) is 5.88. The molecule has 0 spiro atoms. The lowest BCUT2D eigenvalue weighted by molar-refractivity contribution is -0.126. The van der Waals surface area contributed by atoms with Crippen molar-refractivity contribution in [2.45, 2.75) is 38.0 Å². The van der Waals surface area contributed by atoms with E-state index in [0.717, 1.165) is 16.7 Å². The van der Waals surface area contributed by atoms with Gasteiger partial charge in [-0.15, -0.1) is 0 Å². The third kappa shape index (κ3) is 5.42. The standard InChI is InChI=1S/C24H32N2O5S/c1-17-7-8-18(2)23(14-17)32(28,29)26-13-5-6-20(16-26)24(27)25-12-11-19-9-10-21(30-3)22(15-19)31-4/h7-10,14-15,20H,5-6,11-13,16H2,1-4H3,(H,25,27)/t20-/m0/s1. The summed E-state index contributed by atoms with van der Waals surface area (Å²) in [6.07, 6.45) is 1.99. The number of piperidine rings is 1. The Morgan fingerprint density at radius 2 is 1.84 bits per heavy atom. The minimum Gasteiger partial charge on any atom is -0.493 e. The van der Waals surface area contributed by atoms with E-state index in [4.69, 9.17) is 9.47 Å². The Morgan fingerprint density at radius 1 is 1.09 bits per heavy atom. The maximum atomic E-state index is 13.2. The van der Waals surface area contributed by atoms with Crippen LogP contribution in [0.4, 0.5) is 0 Å². The molecule has 0 saturated carbocycles. The largest absolute Gasteiger partial charge is 0.493 e. The highest BCUT2D eigenvalue weighted by Gasteiger charge is 2.34. The topological polar surface area (TPSA) is 84.9 Å². The Bertz CT molecular complexity index is 1070. The Balaban J connectivity index is 1.60. The number of nitrogens with one attached hydrogen (secondary N) is 1. The number of amides is 1. The van der Waals surface area contributed by atoms with Crippen molar-refractivity contribution in [2.75, 3.05) is 33.9 Å². The van der Waals surface area contributed by atoms with E-state index in [1.807, 2.05) is 37.3 Å². The number of sulfonamides is 1. The van der Waals surface area contributed by atoms with Gasteiger partial charge in [-0.05, 0) is 68.0 Å². The molecule has 0 aromatic heterocycles. The van der Waals surface area contributed by atoms with E-state index < -0.39 is 10.0 Å². The van der Waals surface area contributed by atoms with Crippen LogP contribution in [0, 0.1) is 19.8 Å². The molecule has 3 rings (SSSR count). The average molecular weight is 461 g/mol. The van der Waals surface area contributed by atoms with Crippen LogP contribution in [0.15, 0.2) is 41.3 Å². The van der Waals surface area contributed by atoms with Crippen molar-refractivity contribution in [1.29, 1.82) is 0 Å². The Morgan fingerprint density at radius 3 is 2.56 bits per heavy atom. The molecule has 0 unspecified atom stereocenters. The molecule has 1 aliphatic rings. The maximum Gasteiger partial charge on any atom is 0.243 e. The van der Waals surface area contributed by atoms with Crippen LogP contribution in [0.1, 0.15) is 29.5 Å². The lowest BCUT2D eigenvalue weighted by Gasteiger charge is -2.31. The van der Waals surface area contributed by atoms with Crippen LogP contribution in [0.3, 0.4) is 0 Å². The van der Waals surface area contributed by atoms with Gasteiger partial charge in [-0.1, -0.05) is 18.2 Å². The maximum absolute atomic E-state index is 13.2. The van der Waals surface area contributed by atoms with Crippen molar-refractivity contribution in [2.24, 2.45) is 5.92 Å². The summed E-state index contributed by atoms with van der Waals surface area (Å²) in [5, 5.41) is 2.97. The predicted molar refractivity (Wildman–Crippen MR) is 124 cm³/mol. The first kappa shape index (κ1) is 24.1. The quantitative estimate of drug-likeness (QED) is 0.654. The molecule has 2 aromatic carbocycles. The number of carbonyl (C=O) groups excluding carboxylic acids is 1.